The Morgan fingerprint density at radius 3 is 1.76 bits per heavy atom. The summed E-state index contributed by atoms with van der Waals surface area (Å²) >= 11 is 1.90. The van der Waals surface area contributed by atoms with Gasteiger partial charge >= 0.3 is 0 Å². The van der Waals surface area contributed by atoms with Crippen LogP contribution in [0.15, 0.2) is 176 Å². The van der Waals surface area contributed by atoms with Gasteiger partial charge in [0.25, 0.3) is 0 Å². The molecule has 8 aromatic carbocycles. The Labute approximate surface area is 272 Å². The first-order chi connectivity index (χ1) is 22.8. The van der Waals surface area contributed by atoms with Gasteiger partial charge in [-0.05, 0) is 69.4 Å². The van der Waals surface area contributed by atoms with E-state index in [1.807, 2.05) is 11.3 Å². The first kappa shape index (κ1) is 26.7. The maximum atomic E-state index is 2.45. The van der Waals surface area contributed by atoms with E-state index in [4.69, 9.17) is 0 Å². The minimum atomic E-state index is 1.13. The normalized spacial score (nSPS) is 11.5. The molecular formula is C44H29NS. The second kappa shape index (κ2) is 11.0. The van der Waals surface area contributed by atoms with Crippen LogP contribution < -0.4 is 4.90 Å². The van der Waals surface area contributed by atoms with Crippen LogP contribution in [0.4, 0.5) is 17.1 Å². The highest BCUT2D eigenvalue weighted by molar-refractivity contribution is 7.26. The molecule has 0 saturated carbocycles. The molecular weight excluding hydrogens is 575 g/mol. The zero-order valence-electron chi connectivity index (χ0n) is 25.1. The molecule has 0 aliphatic carbocycles. The quantitative estimate of drug-likeness (QED) is 0.189. The van der Waals surface area contributed by atoms with Crippen LogP contribution in [0.25, 0.3) is 64.0 Å². The number of fused-ring (bicyclic) bond motifs is 6. The van der Waals surface area contributed by atoms with Crippen molar-refractivity contribution in [2.24, 2.45) is 0 Å². The van der Waals surface area contributed by atoms with Crippen molar-refractivity contribution in [1.29, 1.82) is 0 Å². The van der Waals surface area contributed by atoms with Gasteiger partial charge in [-0.3, -0.25) is 0 Å². The summed E-state index contributed by atoms with van der Waals surface area (Å²) in [6.45, 7) is 0. The van der Waals surface area contributed by atoms with E-state index >= 15 is 0 Å². The average Bonchev–Trinajstić information content (AvgIpc) is 3.51. The van der Waals surface area contributed by atoms with Crippen molar-refractivity contribution in [1.82, 2.24) is 0 Å². The smallest absolute Gasteiger partial charge is 0.0547 e. The summed E-state index contributed by atoms with van der Waals surface area (Å²) in [6.07, 6.45) is 0. The van der Waals surface area contributed by atoms with Gasteiger partial charge in [-0.2, -0.15) is 0 Å². The van der Waals surface area contributed by atoms with Gasteiger partial charge in [0.15, 0.2) is 0 Å². The zero-order chi connectivity index (χ0) is 30.5. The van der Waals surface area contributed by atoms with E-state index in [0.29, 0.717) is 0 Å². The number of thiophene rings is 1. The van der Waals surface area contributed by atoms with Gasteiger partial charge < -0.3 is 4.90 Å². The fourth-order valence-corrected chi connectivity index (χ4v) is 8.03. The lowest BCUT2D eigenvalue weighted by Crippen LogP contribution is -2.10. The van der Waals surface area contributed by atoms with E-state index in [2.05, 4.69) is 181 Å². The fourth-order valence-electron chi connectivity index (χ4n) is 6.77. The van der Waals surface area contributed by atoms with Crippen LogP contribution in [-0.4, -0.2) is 0 Å². The van der Waals surface area contributed by atoms with Crippen molar-refractivity contribution < 1.29 is 0 Å². The molecule has 46 heavy (non-hydrogen) atoms. The summed E-state index contributed by atoms with van der Waals surface area (Å²) in [5.41, 5.74) is 8.35. The molecule has 0 atom stereocenters. The topological polar surface area (TPSA) is 3.24 Å². The molecule has 1 heterocycles. The Bertz CT molecular complexity index is 2530. The fraction of sp³-hybridized carbons (Fsp3) is 0. The number of hydrogen-bond donors (Lipinski definition) is 0. The Morgan fingerprint density at radius 1 is 0.348 bits per heavy atom. The number of hydrogen-bond acceptors (Lipinski definition) is 2. The van der Waals surface area contributed by atoms with Crippen molar-refractivity contribution in [3.05, 3.63) is 176 Å². The van der Waals surface area contributed by atoms with Crippen LogP contribution in [0.2, 0.25) is 0 Å². The third-order valence-corrected chi connectivity index (χ3v) is 10.2. The molecule has 0 amide bonds. The highest BCUT2D eigenvalue weighted by atomic mass is 32.1. The molecule has 2 heteroatoms. The van der Waals surface area contributed by atoms with Gasteiger partial charge in [0, 0.05) is 42.3 Å². The van der Waals surface area contributed by atoms with E-state index in [1.165, 1.54) is 69.7 Å². The molecule has 1 aromatic heterocycles. The van der Waals surface area contributed by atoms with Gasteiger partial charge in [0.05, 0.1) is 5.69 Å². The van der Waals surface area contributed by atoms with Gasteiger partial charge in [0.2, 0.25) is 0 Å². The van der Waals surface area contributed by atoms with E-state index in [-0.39, 0.29) is 0 Å². The first-order valence-corrected chi connectivity index (χ1v) is 16.5. The molecule has 0 aliphatic heterocycles. The summed E-state index contributed by atoms with van der Waals surface area (Å²) in [6, 6.07) is 63.9. The maximum Gasteiger partial charge on any atom is 0.0547 e. The number of benzene rings is 8. The van der Waals surface area contributed by atoms with Crippen LogP contribution in [0.1, 0.15) is 0 Å². The summed E-state index contributed by atoms with van der Waals surface area (Å²) in [5.74, 6) is 0. The second-order valence-corrected chi connectivity index (χ2v) is 12.8. The number of rotatable bonds is 5. The second-order valence-electron chi connectivity index (χ2n) is 11.8. The van der Waals surface area contributed by atoms with Crippen molar-refractivity contribution >= 4 is 70.1 Å². The highest BCUT2D eigenvalue weighted by Gasteiger charge is 2.20. The van der Waals surface area contributed by atoms with Gasteiger partial charge in [-0.15, -0.1) is 11.3 Å². The average molecular weight is 604 g/mol. The van der Waals surface area contributed by atoms with Gasteiger partial charge in [0.1, 0.15) is 0 Å². The Kier molecular flexibility index (Phi) is 6.40. The van der Waals surface area contributed by atoms with Crippen LogP contribution >= 0.6 is 11.3 Å². The third-order valence-electron chi connectivity index (χ3n) is 9.01. The first-order valence-electron chi connectivity index (χ1n) is 15.7. The Balaban J connectivity index is 1.32. The van der Waals surface area contributed by atoms with E-state index in [9.17, 15) is 0 Å². The van der Waals surface area contributed by atoms with Crippen LogP contribution in [0.5, 0.6) is 0 Å². The van der Waals surface area contributed by atoms with Crippen LogP contribution in [0.3, 0.4) is 0 Å². The SMILES string of the molecule is c1ccc(-c2cccc(N(c3ccc4ccccc4c3)c3cc4c5ccc(-c6ccccc6)cc5sc4c4ccccc34)c2)cc1. The molecule has 216 valence electrons. The van der Waals surface area contributed by atoms with Crippen molar-refractivity contribution in [3.8, 4) is 22.3 Å². The minimum absolute atomic E-state index is 1.13. The summed E-state index contributed by atoms with van der Waals surface area (Å²) in [5, 5.41) is 7.57. The molecule has 0 spiro atoms. The summed E-state index contributed by atoms with van der Waals surface area (Å²) < 4.78 is 2.64. The molecule has 9 aromatic rings. The highest BCUT2D eigenvalue weighted by Crippen LogP contribution is 2.47. The monoisotopic (exact) mass is 603 g/mol. The van der Waals surface area contributed by atoms with Crippen LogP contribution in [-0.2, 0) is 0 Å². The van der Waals surface area contributed by atoms with E-state index in [0.717, 1.165) is 11.4 Å². The molecule has 0 N–H and O–H groups in total. The predicted molar refractivity (Wildman–Crippen MR) is 200 cm³/mol. The zero-order valence-corrected chi connectivity index (χ0v) is 25.9. The molecule has 0 fully saturated rings. The van der Waals surface area contributed by atoms with E-state index < -0.39 is 0 Å². The Morgan fingerprint density at radius 2 is 0.978 bits per heavy atom. The molecule has 0 bridgehead atoms. The predicted octanol–water partition coefficient (Wildman–Crippen LogP) is 13.2. The molecule has 0 saturated heterocycles. The number of nitrogens with zero attached hydrogens (tertiary/aromatic N) is 1. The van der Waals surface area contributed by atoms with Crippen LogP contribution in [0, 0.1) is 0 Å². The summed E-state index contributed by atoms with van der Waals surface area (Å²) in [4.78, 5) is 2.45. The summed E-state index contributed by atoms with van der Waals surface area (Å²) in [7, 11) is 0. The molecule has 0 unspecified atom stereocenters. The standard InChI is InChI=1S/C44H29NS/c1-3-12-30(13-4-1)34-18-11-19-36(26-34)45(37-24-22-32-16-7-8-17-33(32)27-37)42-29-41-39-25-23-35(31-14-5-2-6-15-31)28-43(39)46-44(41)40-21-10-9-20-38(40)42/h1-29H. The Hall–Kier alpha value is -5.70. The molecule has 1 nitrogen and oxygen atoms in total. The molecule has 9 rings (SSSR count). The van der Waals surface area contributed by atoms with Crippen molar-refractivity contribution in [2.45, 2.75) is 0 Å². The number of anilines is 3. The lowest BCUT2D eigenvalue weighted by molar-refractivity contribution is 1.31. The molecule has 0 radical (unpaired) electrons. The lowest BCUT2D eigenvalue weighted by atomic mass is 9.99. The third kappa shape index (κ3) is 4.54. The minimum Gasteiger partial charge on any atom is -0.310 e. The van der Waals surface area contributed by atoms with Gasteiger partial charge in [-0.1, -0.05) is 140 Å². The maximum absolute atomic E-state index is 2.45. The lowest BCUT2D eigenvalue weighted by Gasteiger charge is -2.28. The van der Waals surface area contributed by atoms with Gasteiger partial charge in [-0.25, -0.2) is 0 Å². The largest absolute Gasteiger partial charge is 0.310 e. The molecule has 0 aliphatic rings. The van der Waals surface area contributed by atoms with E-state index in [1.54, 1.807) is 0 Å². The van der Waals surface area contributed by atoms with Crippen molar-refractivity contribution in [3.63, 3.8) is 0 Å². The van der Waals surface area contributed by atoms with Crippen molar-refractivity contribution in [2.75, 3.05) is 4.90 Å².